The van der Waals surface area contributed by atoms with Gasteiger partial charge in [-0.3, -0.25) is 0 Å². The molecule has 0 bridgehead atoms. The van der Waals surface area contributed by atoms with Crippen molar-refractivity contribution < 1.29 is 14.2 Å². The van der Waals surface area contributed by atoms with Crippen molar-refractivity contribution in [3.05, 3.63) is 28.7 Å². The van der Waals surface area contributed by atoms with Crippen molar-refractivity contribution in [3.63, 3.8) is 0 Å². The second-order valence-corrected chi connectivity index (χ2v) is 3.53. The van der Waals surface area contributed by atoms with E-state index < -0.39 is 0 Å². The van der Waals surface area contributed by atoms with E-state index in [1.54, 1.807) is 7.11 Å². The fourth-order valence-corrected chi connectivity index (χ4v) is 1.11. The third kappa shape index (κ3) is 4.60. The lowest BCUT2D eigenvalue weighted by Crippen LogP contribution is -2.07. The molecule has 1 rings (SSSR count). The van der Waals surface area contributed by atoms with Gasteiger partial charge in [0.1, 0.15) is 5.75 Å². The van der Waals surface area contributed by atoms with Gasteiger partial charge in [-0.2, -0.15) is 0 Å². The van der Waals surface area contributed by atoms with Crippen molar-refractivity contribution >= 4 is 15.9 Å². The third-order valence-electron chi connectivity index (χ3n) is 1.55. The summed E-state index contributed by atoms with van der Waals surface area (Å²) in [6.07, 6.45) is 0. The second-order valence-electron chi connectivity index (χ2n) is 2.62. The number of rotatable bonds is 6. The lowest BCUT2D eigenvalue weighted by atomic mass is 10.3. The molecule has 0 saturated carbocycles. The highest BCUT2D eigenvalue weighted by Gasteiger charge is 1.92. The highest BCUT2D eigenvalue weighted by molar-refractivity contribution is 9.10. The molecule has 0 atom stereocenters. The SMILES string of the molecule is COCCOCOc1ccc(Br)cc1. The molecule has 0 heterocycles. The minimum Gasteiger partial charge on any atom is -0.468 e. The maximum Gasteiger partial charge on any atom is 0.189 e. The van der Waals surface area contributed by atoms with Crippen LogP contribution < -0.4 is 4.74 Å². The van der Waals surface area contributed by atoms with E-state index in [-0.39, 0.29) is 6.79 Å². The fraction of sp³-hybridized carbons (Fsp3) is 0.400. The lowest BCUT2D eigenvalue weighted by Gasteiger charge is -2.06. The Bertz CT molecular complexity index is 248. The highest BCUT2D eigenvalue weighted by Crippen LogP contribution is 2.15. The molecular weight excluding hydrogens is 248 g/mol. The van der Waals surface area contributed by atoms with Gasteiger partial charge in [-0.05, 0) is 24.3 Å². The summed E-state index contributed by atoms with van der Waals surface area (Å²) in [6.45, 7) is 1.39. The molecule has 0 aliphatic rings. The van der Waals surface area contributed by atoms with Crippen molar-refractivity contribution in [2.24, 2.45) is 0 Å². The second kappa shape index (κ2) is 6.81. The molecule has 0 spiro atoms. The normalized spacial score (nSPS) is 10.1. The van der Waals surface area contributed by atoms with Gasteiger partial charge in [-0.1, -0.05) is 15.9 Å². The van der Waals surface area contributed by atoms with Crippen LogP contribution in [0.1, 0.15) is 0 Å². The van der Waals surface area contributed by atoms with Crippen LogP contribution in [0.4, 0.5) is 0 Å². The minimum atomic E-state index is 0.255. The van der Waals surface area contributed by atoms with Crippen LogP contribution in [0.3, 0.4) is 0 Å². The Morgan fingerprint density at radius 1 is 1.14 bits per heavy atom. The zero-order chi connectivity index (χ0) is 10.2. The number of methoxy groups -OCH3 is 1. The molecule has 0 radical (unpaired) electrons. The molecule has 0 N–H and O–H groups in total. The zero-order valence-corrected chi connectivity index (χ0v) is 9.62. The van der Waals surface area contributed by atoms with Gasteiger partial charge in [-0.15, -0.1) is 0 Å². The molecule has 1 aromatic carbocycles. The van der Waals surface area contributed by atoms with Crippen LogP contribution in [0.15, 0.2) is 28.7 Å². The zero-order valence-electron chi connectivity index (χ0n) is 8.03. The van der Waals surface area contributed by atoms with Crippen LogP contribution in [0.25, 0.3) is 0 Å². The van der Waals surface area contributed by atoms with Gasteiger partial charge in [-0.25, -0.2) is 0 Å². The van der Waals surface area contributed by atoms with Crippen LogP contribution in [0.2, 0.25) is 0 Å². The number of hydrogen-bond donors (Lipinski definition) is 0. The Balaban J connectivity index is 2.15. The third-order valence-corrected chi connectivity index (χ3v) is 2.08. The fourth-order valence-electron chi connectivity index (χ4n) is 0.842. The minimum absolute atomic E-state index is 0.255. The molecule has 0 aliphatic carbocycles. The van der Waals surface area contributed by atoms with Crippen molar-refractivity contribution in [1.82, 2.24) is 0 Å². The monoisotopic (exact) mass is 260 g/mol. The topological polar surface area (TPSA) is 27.7 Å². The van der Waals surface area contributed by atoms with Crippen molar-refractivity contribution in [1.29, 1.82) is 0 Å². The molecule has 0 aliphatic heterocycles. The summed E-state index contributed by atoms with van der Waals surface area (Å²) >= 11 is 3.34. The maximum atomic E-state index is 5.31. The molecule has 0 aromatic heterocycles. The summed E-state index contributed by atoms with van der Waals surface area (Å²) in [4.78, 5) is 0. The van der Waals surface area contributed by atoms with E-state index in [0.717, 1.165) is 10.2 Å². The predicted octanol–water partition coefficient (Wildman–Crippen LogP) is 2.45. The largest absolute Gasteiger partial charge is 0.468 e. The van der Waals surface area contributed by atoms with Crippen LogP contribution in [0, 0.1) is 0 Å². The average molecular weight is 261 g/mol. The summed E-state index contributed by atoms with van der Waals surface area (Å²) in [7, 11) is 1.64. The molecular formula is C10H13BrO3. The van der Waals surface area contributed by atoms with Gasteiger partial charge in [0.15, 0.2) is 6.79 Å². The van der Waals surface area contributed by atoms with Gasteiger partial charge < -0.3 is 14.2 Å². The summed E-state index contributed by atoms with van der Waals surface area (Å²) < 4.78 is 16.3. The summed E-state index contributed by atoms with van der Waals surface area (Å²) in [5.74, 6) is 0.797. The number of halogens is 1. The van der Waals surface area contributed by atoms with E-state index in [1.807, 2.05) is 24.3 Å². The molecule has 0 unspecified atom stereocenters. The maximum absolute atomic E-state index is 5.31. The van der Waals surface area contributed by atoms with Crippen LogP contribution in [-0.4, -0.2) is 27.1 Å². The Labute approximate surface area is 92.1 Å². The van der Waals surface area contributed by atoms with Crippen molar-refractivity contribution in [2.75, 3.05) is 27.1 Å². The Kier molecular flexibility index (Phi) is 5.59. The number of benzene rings is 1. The quantitative estimate of drug-likeness (QED) is 0.581. The average Bonchev–Trinajstić information content (AvgIpc) is 2.21. The molecule has 0 saturated heterocycles. The van der Waals surface area contributed by atoms with E-state index in [4.69, 9.17) is 14.2 Å². The molecule has 14 heavy (non-hydrogen) atoms. The summed E-state index contributed by atoms with van der Waals surface area (Å²) in [5, 5.41) is 0. The smallest absolute Gasteiger partial charge is 0.189 e. The van der Waals surface area contributed by atoms with Gasteiger partial charge in [0, 0.05) is 11.6 Å². The molecule has 0 amide bonds. The van der Waals surface area contributed by atoms with E-state index in [9.17, 15) is 0 Å². The van der Waals surface area contributed by atoms with E-state index in [2.05, 4.69) is 15.9 Å². The van der Waals surface area contributed by atoms with Crippen LogP contribution in [0.5, 0.6) is 5.75 Å². The van der Waals surface area contributed by atoms with E-state index >= 15 is 0 Å². The van der Waals surface area contributed by atoms with Crippen LogP contribution in [-0.2, 0) is 9.47 Å². The van der Waals surface area contributed by atoms with E-state index in [0.29, 0.717) is 13.2 Å². The predicted molar refractivity (Wildman–Crippen MR) is 57.5 cm³/mol. The first-order valence-electron chi connectivity index (χ1n) is 4.28. The summed E-state index contributed by atoms with van der Waals surface area (Å²) in [6, 6.07) is 7.60. The first kappa shape index (κ1) is 11.5. The molecule has 3 nitrogen and oxygen atoms in total. The van der Waals surface area contributed by atoms with Crippen molar-refractivity contribution in [3.8, 4) is 5.75 Å². The Morgan fingerprint density at radius 3 is 2.50 bits per heavy atom. The first-order chi connectivity index (χ1) is 6.83. The van der Waals surface area contributed by atoms with Gasteiger partial charge in [0.2, 0.25) is 0 Å². The van der Waals surface area contributed by atoms with Gasteiger partial charge in [0.25, 0.3) is 0 Å². The van der Waals surface area contributed by atoms with Gasteiger partial charge in [0.05, 0.1) is 13.2 Å². The van der Waals surface area contributed by atoms with Crippen molar-refractivity contribution in [2.45, 2.75) is 0 Å². The molecule has 78 valence electrons. The highest BCUT2D eigenvalue weighted by atomic mass is 79.9. The Morgan fingerprint density at radius 2 is 1.86 bits per heavy atom. The molecule has 1 aromatic rings. The van der Waals surface area contributed by atoms with E-state index in [1.165, 1.54) is 0 Å². The summed E-state index contributed by atoms with van der Waals surface area (Å²) in [5.41, 5.74) is 0. The number of ether oxygens (including phenoxy) is 3. The van der Waals surface area contributed by atoms with Crippen LogP contribution >= 0.6 is 15.9 Å². The standard InChI is InChI=1S/C10H13BrO3/c1-12-6-7-13-8-14-10-4-2-9(11)3-5-10/h2-5H,6-8H2,1H3. The van der Waals surface area contributed by atoms with Gasteiger partial charge >= 0.3 is 0 Å². The lowest BCUT2D eigenvalue weighted by molar-refractivity contribution is -0.00847. The molecule has 4 heteroatoms. The Hall–Kier alpha value is -0.580. The molecule has 0 fully saturated rings. The number of hydrogen-bond acceptors (Lipinski definition) is 3. The first-order valence-corrected chi connectivity index (χ1v) is 5.07.